The van der Waals surface area contributed by atoms with Crippen LogP contribution in [-0.2, 0) is 30.9 Å². The van der Waals surface area contributed by atoms with E-state index < -0.39 is 28.0 Å². The second-order valence-electron chi connectivity index (χ2n) is 6.62. The van der Waals surface area contributed by atoms with Crippen LogP contribution in [0.25, 0.3) is 0 Å². The summed E-state index contributed by atoms with van der Waals surface area (Å²) in [5.41, 5.74) is 1.24. The van der Waals surface area contributed by atoms with Crippen molar-refractivity contribution >= 4 is 27.6 Å². The first-order valence-electron chi connectivity index (χ1n) is 8.92. The van der Waals surface area contributed by atoms with Crippen LogP contribution in [0.5, 0.6) is 5.75 Å². The predicted octanol–water partition coefficient (Wildman–Crippen LogP) is 1.42. The van der Waals surface area contributed by atoms with Crippen LogP contribution in [0, 0.1) is 0 Å². The number of hydrogen-bond donors (Lipinski definition) is 0. The molecule has 0 fully saturated rings. The molecule has 9 heteroatoms. The molecule has 0 aliphatic carbocycles. The van der Waals surface area contributed by atoms with E-state index in [9.17, 15) is 18.0 Å². The largest absolute Gasteiger partial charge is 0.475 e. The monoisotopic (exact) mass is 418 g/mol. The molecule has 0 aromatic heterocycles. The van der Waals surface area contributed by atoms with Gasteiger partial charge in [-0.15, -0.1) is 0 Å². The summed E-state index contributed by atoms with van der Waals surface area (Å²) in [5.74, 6) is -0.714. The van der Waals surface area contributed by atoms with Gasteiger partial charge in [-0.05, 0) is 17.7 Å². The van der Waals surface area contributed by atoms with E-state index in [1.165, 1.54) is 12.0 Å². The SMILES string of the molecule is COC(=O)C1CN(C(=O)CN(Cc2ccccc2)S(C)(=O)=O)c2ccccc2O1. The van der Waals surface area contributed by atoms with E-state index in [2.05, 4.69) is 0 Å². The van der Waals surface area contributed by atoms with Gasteiger partial charge in [0, 0.05) is 6.54 Å². The number of carbonyl (C=O) groups excluding carboxylic acids is 2. The van der Waals surface area contributed by atoms with E-state index in [0.29, 0.717) is 11.4 Å². The van der Waals surface area contributed by atoms with E-state index >= 15 is 0 Å². The number of esters is 1. The van der Waals surface area contributed by atoms with Crippen molar-refractivity contribution in [1.82, 2.24) is 4.31 Å². The van der Waals surface area contributed by atoms with E-state index in [1.54, 1.807) is 48.5 Å². The average Bonchev–Trinajstić information content (AvgIpc) is 2.71. The Morgan fingerprint density at radius 3 is 2.45 bits per heavy atom. The zero-order valence-corrected chi connectivity index (χ0v) is 17.0. The van der Waals surface area contributed by atoms with Crippen LogP contribution in [0.15, 0.2) is 54.6 Å². The lowest BCUT2D eigenvalue weighted by Gasteiger charge is -2.34. The summed E-state index contributed by atoms with van der Waals surface area (Å²) < 4.78 is 36.0. The Bertz CT molecular complexity index is 993. The Morgan fingerprint density at radius 2 is 1.79 bits per heavy atom. The molecule has 0 N–H and O–H groups in total. The fourth-order valence-corrected chi connectivity index (χ4v) is 3.77. The number of anilines is 1. The van der Waals surface area contributed by atoms with Crippen molar-refractivity contribution < 1.29 is 27.5 Å². The van der Waals surface area contributed by atoms with Gasteiger partial charge < -0.3 is 14.4 Å². The number of rotatable bonds is 6. The first-order valence-corrected chi connectivity index (χ1v) is 10.8. The molecule has 0 saturated heterocycles. The maximum absolute atomic E-state index is 13.1. The number of carbonyl (C=O) groups is 2. The number of nitrogens with zero attached hydrogens (tertiary/aromatic N) is 2. The fourth-order valence-electron chi connectivity index (χ4n) is 3.04. The van der Waals surface area contributed by atoms with E-state index in [-0.39, 0.29) is 19.6 Å². The fraction of sp³-hybridized carbons (Fsp3) is 0.300. The highest BCUT2D eigenvalue weighted by molar-refractivity contribution is 7.88. The highest BCUT2D eigenvalue weighted by atomic mass is 32.2. The minimum absolute atomic E-state index is 0.0640. The van der Waals surface area contributed by atoms with Crippen molar-refractivity contribution in [2.24, 2.45) is 0 Å². The van der Waals surface area contributed by atoms with Crippen LogP contribution in [-0.4, -0.2) is 57.2 Å². The minimum Gasteiger partial charge on any atom is -0.475 e. The Kier molecular flexibility index (Phi) is 6.19. The molecule has 2 aromatic rings. The number of ether oxygens (including phenoxy) is 2. The van der Waals surface area contributed by atoms with E-state index in [1.807, 2.05) is 6.07 Å². The minimum atomic E-state index is -3.65. The predicted molar refractivity (Wildman–Crippen MR) is 107 cm³/mol. The van der Waals surface area contributed by atoms with Gasteiger partial charge in [0.15, 0.2) is 0 Å². The number of hydrogen-bond acceptors (Lipinski definition) is 6. The van der Waals surface area contributed by atoms with Crippen molar-refractivity contribution in [2.75, 3.05) is 31.4 Å². The summed E-state index contributed by atoms with van der Waals surface area (Å²) >= 11 is 0. The van der Waals surface area contributed by atoms with Crippen molar-refractivity contribution in [3.8, 4) is 5.75 Å². The van der Waals surface area contributed by atoms with Crippen LogP contribution in [0.3, 0.4) is 0 Å². The summed E-state index contributed by atoms with van der Waals surface area (Å²) in [5, 5.41) is 0. The third-order valence-corrected chi connectivity index (χ3v) is 5.72. The molecule has 1 amide bonds. The molecule has 3 rings (SSSR count). The Labute approximate surface area is 169 Å². The summed E-state index contributed by atoms with van der Waals surface area (Å²) in [6.07, 6.45) is 0.0768. The second kappa shape index (κ2) is 8.62. The van der Waals surface area contributed by atoms with Gasteiger partial charge in [-0.3, -0.25) is 4.79 Å². The van der Waals surface area contributed by atoms with Crippen molar-refractivity contribution in [1.29, 1.82) is 0 Å². The van der Waals surface area contributed by atoms with Crippen LogP contribution in [0.1, 0.15) is 5.56 Å². The number of benzene rings is 2. The molecular weight excluding hydrogens is 396 g/mol. The molecule has 1 aliphatic heterocycles. The van der Waals surface area contributed by atoms with Crippen molar-refractivity contribution in [2.45, 2.75) is 12.6 Å². The van der Waals surface area contributed by atoms with Crippen LogP contribution in [0.2, 0.25) is 0 Å². The lowest BCUT2D eigenvalue weighted by atomic mass is 10.2. The van der Waals surface area contributed by atoms with Gasteiger partial charge in [-0.2, -0.15) is 4.31 Å². The maximum Gasteiger partial charge on any atom is 0.348 e. The van der Waals surface area contributed by atoms with Crippen LogP contribution in [0.4, 0.5) is 5.69 Å². The normalized spacial score (nSPS) is 16.1. The number of amides is 1. The van der Waals surface area contributed by atoms with Crippen LogP contribution >= 0.6 is 0 Å². The summed E-state index contributed by atoms with van der Waals surface area (Å²) in [6, 6.07) is 15.8. The van der Waals surface area contributed by atoms with E-state index in [4.69, 9.17) is 9.47 Å². The average molecular weight is 418 g/mol. The summed E-state index contributed by atoms with van der Waals surface area (Å²) in [4.78, 5) is 26.4. The maximum atomic E-state index is 13.1. The molecule has 154 valence electrons. The Morgan fingerprint density at radius 1 is 1.14 bits per heavy atom. The van der Waals surface area contributed by atoms with Gasteiger partial charge in [0.1, 0.15) is 5.75 Å². The van der Waals surface area contributed by atoms with Crippen LogP contribution < -0.4 is 9.64 Å². The Hall–Kier alpha value is -2.91. The zero-order chi connectivity index (χ0) is 21.0. The summed E-state index contributed by atoms with van der Waals surface area (Å²) in [7, 11) is -2.41. The highest BCUT2D eigenvalue weighted by Gasteiger charge is 2.35. The first kappa shape index (κ1) is 20.8. The smallest absolute Gasteiger partial charge is 0.348 e. The molecule has 0 radical (unpaired) electrons. The molecular formula is C20H22N2O6S. The lowest BCUT2D eigenvalue weighted by molar-refractivity contribution is -0.148. The number of fused-ring (bicyclic) bond motifs is 1. The van der Waals surface area contributed by atoms with Gasteiger partial charge in [-0.1, -0.05) is 42.5 Å². The first-order chi connectivity index (χ1) is 13.8. The van der Waals surface area contributed by atoms with Crippen molar-refractivity contribution in [3.63, 3.8) is 0 Å². The third kappa shape index (κ3) is 4.93. The van der Waals surface area contributed by atoms with Gasteiger partial charge in [0.25, 0.3) is 0 Å². The molecule has 2 aromatic carbocycles. The summed E-state index contributed by atoms with van der Waals surface area (Å²) in [6.45, 7) is -0.362. The van der Waals surface area contributed by atoms with Gasteiger partial charge in [0.2, 0.25) is 22.0 Å². The van der Waals surface area contributed by atoms with Gasteiger partial charge in [-0.25, -0.2) is 13.2 Å². The van der Waals surface area contributed by atoms with Crippen molar-refractivity contribution in [3.05, 3.63) is 60.2 Å². The van der Waals surface area contributed by atoms with Gasteiger partial charge >= 0.3 is 5.97 Å². The molecule has 0 bridgehead atoms. The molecule has 29 heavy (non-hydrogen) atoms. The molecule has 1 atom stereocenters. The standard InChI is InChI=1S/C20H22N2O6S/c1-27-20(24)18-13-22(16-10-6-7-11-17(16)28-18)19(23)14-21(29(2,25)26)12-15-8-4-3-5-9-15/h3-11,18H,12-14H2,1-2H3. The quantitative estimate of drug-likeness (QED) is 0.659. The molecule has 1 aliphatic rings. The Balaban J connectivity index is 1.86. The zero-order valence-electron chi connectivity index (χ0n) is 16.1. The number of methoxy groups -OCH3 is 1. The molecule has 1 unspecified atom stereocenters. The second-order valence-corrected chi connectivity index (χ2v) is 8.60. The van der Waals surface area contributed by atoms with E-state index in [0.717, 1.165) is 16.1 Å². The molecule has 0 spiro atoms. The van der Waals surface area contributed by atoms with Gasteiger partial charge in [0.05, 0.1) is 32.1 Å². The molecule has 8 nitrogen and oxygen atoms in total. The topological polar surface area (TPSA) is 93.2 Å². The molecule has 0 saturated carbocycles. The molecule has 1 heterocycles. The number of sulfonamides is 1. The lowest BCUT2D eigenvalue weighted by Crippen LogP contribution is -2.50. The highest BCUT2D eigenvalue weighted by Crippen LogP contribution is 2.33. The third-order valence-electron chi connectivity index (χ3n) is 4.52. The number of para-hydroxylation sites is 2.